The molecular weight excluding hydrogens is 422 g/mol. The highest BCUT2D eigenvalue weighted by atomic mass is 16.5. The van der Waals surface area contributed by atoms with Crippen molar-refractivity contribution in [1.29, 1.82) is 0 Å². The number of hydrogen-bond donors (Lipinski definition) is 1. The molecule has 0 amide bonds. The molecule has 1 heterocycles. The molecule has 1 N–H and O–H groups in total. The van der Waals surface area contributed by atoms with Crippen molar-refractivity contribution in [1.82, 2.24) is 0 Å². The highest BCUT2D eigenvalue weighted by Crippen LogP contribution is 2.53. The van der Waals surface area contributed by atoms with Gasteiger partial charge in [-0.2, -0.15) is 0 Å². The zero-order valence-electron chi connectivity index (χ0n) is 20.4. The van der Waals surface area contributed by atoms with Crippen molar-refractivity contribution in [2.24, 2.45) is 11.3 Å². The number of allylic oxidation sites excluding steroid dienone is 1. The summed E-state index contributed by atoms with van der Waals surface area (Å²) in [5.74, 6) is -0.595. The lowest BCUT2D eigenvalue weighted by Crippen LogP contribution is -2.44. The van der Waals surface area contributed by atoms with Crippen molar-refractivity contribution < 1.29 is 14.3 Å². The largest absolute Gasteiger partial charge is 0.468 e. The molecule has 0 radical (unpaired) electrons. The van der Waals surface area contributed by atoms with Gasteiger partial charge in [0.25, 0.3) is 0 Å². The lowest BCUT2D eigenvalue weighted by Gasteiger charge is -2.44. The third kappa shape index (κ3) is 3.44. The zero-order chi connectivity index (χ0) is 24.2. The van der Waals surface area contributed by atoms with Gasteiger partial charge in [-0.25, -0.2) is 0 Å². The zero-order valence-corrected chi connectivity index (χ0v) is 20.4. The van der Waals surface area contributed by atoms with Crippen molar-refractivity contribution in [3.8, 4) is 0 Å². The number of methoxy groups -OCH3 is 1. The third-order valence-corrected chi connectivity index (χ3v) is 7.47. The summed E-state index contributed by atoms with van der Waals surface area (Å²) >= 11 is 0. The lowest BCUT2D eigenvalue weighted by atomic mass is 9.63. The maximum atomic E-state index is 13.8. The van der Waals surface area contributed by atoms with Crippen LogP contribution >= 0.6 is 0 Å². The minimum atomic E-state index is -0.545. The van der Waals surface area contributed by atoms with E-state index in [0.29, 0.717) is 23.6 Å². The molecule has 34 heavy (non-hydrogen) atoms. The molecule has 174 valence electrons. The quantitative estimate of drug-likeness (QED) is 0.456. The van der Waals surface area contributed by atoms with E-state index in [1.807, 2.05) is 26.0 Å². The second kappa shape index (κ2) is 8.12. The Hall–Kier alpha value is -3.40. The summed E-state index contributed by atoms with van der Waals surface area (Å²) in [7, 11) is 1.42. The Morgan fingerprint density at radius 1 is 1.03 bits per heavy atom. The fraction of sp³-hybridized carbons (Fsp3) is 0.333. The van der Waals surface area contributed by atoms with Gasteiger partial charge in [0.05, 0.1) is 7.11 Å². The summed E-state index contributed by atoms with van der Waals surface area (Å²) in [5, 5.41) is 5.77. The molecule has 0 unspecified atom stereocenters. The van der Waals surface area contributed by atoms with Crippen LogP contribution in [0.3, 0.4) is 0 Å². The minimum Gasteiger partial charge on any atom is -0.468 e. The van der Waals surface area contributed by atoms with Gasteiger partial charge >= 0.3 is 5.97 Å². The Balaban J connectivity index is 1.81. The lowest BCUT2D eigenvalue weighted by molar-refractivity contribution is -0.148. The normalized spacial score (nSPS) is 21.2. The molecule has 5 rings (SSSR count). The highest BCUT2D eigenvalue weighted by molar-refractivity contribution is 6.06. The van der Waals surface area contributed by atoms with Crippen LogP contribution in [0.5, 0.6) is 0 Å². The van der Waals surface area contributed by atoms with Crippen LogP contribution in [-0.2, 0) is 14.3 Å². The van der Waals surface area contributed by atoms with E-state index >= 15 is 0 Å². The number of esters is 1. The van der Waals surface area contributed by atoms with Crippen molar-refractivity contribution >= 4 is 28.2 Å². The van der Waals surface area contributed by atoms with Gasteiger partial charge in [0.2, 0.25) is 0 Å². The predicted molar refractivity (Wildman–Crippen MR) is 136 cm³/mol. The minimum absolute atomic E-state index is 0.0872. The summed E-state index contributed by atoms with van der Waals surface area (Å²) in [6.45, 7) is 8.30. The van der Waals surface area contributed by atoms with Gasteiger partial charge in [0, 0.05) is 29.3 Å². The van der Waals surface area contributed by atoms with Crippen LogP contribution in [0.15, 0.2) is 71.9 Å². The van der Waals surface area contributed by atoms with Crippen LogP contribution < -0.4 is 5.32 Å². The van der Waals surface area contributed by atoms with Gasteiger partial charge in [-0.3, -0.25) is 9.59 Å². The Bertz CT molecular complexity index is 1330. The topological polar surface area (TPSA) is 55.4 Å². The summed E-state index contributed by atoms with van der Waals surface area (Å²) in [6.07, 6.45) is 0.300. The number of ether oxygens (including phenoxy) is 1. The SMILES string of the molecule is COC(=O)[C@@H]1C2=C(C(=O)CC1(C)C)[C@@H](c1ccc(C(C)C)cc1)c1c(ccc3ccccc13)N2. The van der Waals surface area contributed by atoms with Crippen LogP contribution in [0.25, 0.3) is 10.8 Å². The number of benzene rings is 3. The standard InChI is InChI=1S/C30H31NO3/c1-17(2)18-10-12-20(13-11-18)24-25-21-9-7-6-8-19(21)14-15-22(25)31-28-26(24)23(32)16-30(3,4)27(28)29(33)34-5/h6-15,17,24,27,31H,16H2,1-5H3/t24-,27-/m0/s1. The maximum absolute atomic E-state index is 13.8. The monoisotopic (exact) mass is 453 g/mol. The van der Waals surface area contributed by atoms with E-state index in [9.17, 15) is 9.59 Å². The van der Waals surface area contributed by atoms with E-state index in [1.54, 1.807) is 0 Å². The van der Waals surface area contributed by atoms with E-state index in [1.165, 1.54) is 12.7 Å². The maximum Gasteiger partial charge on any atom is 0.315 e. The van der Waals surface area contributed by atoms with Crippen LogP contribution in [0.1, 0.15) is 62.6 Å². The predicted octanol–water partition coefficient (Wildman–Crippen LogP) is 6.56. The summed E-state index contributed by atoms with van der Waals surface area (Å²) < 4.78 is 5.23. The molecule has 0 aromatic heterocycles. The second-order valence-electron chi connectivity index (χ2n) is 10.5. The first-order valence-corrected chi connectivity index (χ1v) is 12.0. The Morgan fingerprint density at radius 2 is 1.74 bits per heavy atom. The fourth-order valence-corrected chi connectivity index (χ4v) is 5.73. The van der Waals surface area contributed by atoms with Crippen molar-refractivity contribution in [2.75, 3.05) is 12.4 Å². The molecule has 0 fully saturated rings. The number of carbonyl (C=O) groups excluding carboxylic acids is 2. The molecule has 3 aromatic rings. The molecule has 2 aliphatic rings. The summed E-state index contributed by atoms with van der Waals surface area (Å²) in [4.78, 5) is 26.8. The van der Waals surface area contributed by atoms with E-state index < -0.39 is 11.3 Å². The average molecular weight is 454 g/mol. The average Bonchev–Trinajstić information content (AvgIpc) is 2.81. The molecule has 2 atom stereocenters. The van der Waals surface area contributed by atoms with E-state index in [-0.39, 0.29) is 17.7 Å². The number of nitrogens with one attached hydrogen (secondary N) is 1. The van der Waals surface area contributed by atoms with Crippen molar-refractivity contribution in [3.63, 3.8) is 0 Å². The molecule has 1 aliphatic carbocycles. The summed E-state index contributed by atoms with van der Waals surface area (Å²) in [6, 6.07) is 21.0. The van der Waals surface area contributed by atoms with Crippen LogP contribution in [-0.4, -0.2) is 18.9 Å². The van der Waals surface area contributed by atoms with Gasteiger partial charge < -0.3 is 10.1 Å². The molecule has 3 aromatic carbocycles. The Labute approximate surface area is 201 Å². The third-order valence-electron chi connectivity index (χ3n) is 7.47. The molecule has 4 heteroatoms. The fourth-order valence-electron chi connectivity index (χ4n) is 5.73. The first-order chi connectivity index (χ1) is 16.2. The number of anilines is 1. The van der Waals surface area contributed by atoms with Gasteiger partial charge in [-0.05, 0) is 44.9 Å². The van der Waals surface area contributed by atoms with Gasteiger partial charge in [-0.1, -0.05) is 82.3 Å². The Kier molecular flexibility index (Phi) is 5.35. The molecular formula is C30H31NO3. The number of carbonyl (C=O) groups is 2. The number of rotatable bonds is 3. The number of ketones is 1. The van der Waals surface area contributed by atoms with E-state index in [2.05, 4.69) is 67.7 Å². The number of fused-ring (bicyclic) bond motifs is 3. The Morgan fingerprint density at radius 3 is 2.41 bits per heavy atom. The van der Waals surface area contributed by atoms with Crippen molar-refractivity contribution in [3.05, 3.63) is 88.6 Å². The van der Waals surface area contributed by atoms with Gasteiger partial charge in [0.15, 0.2) is 5.78 Å². The highest BCUT2D eigenvalue weighted by Gasteiger charge is 2.50. The molecule has 0 saturated carbocycles. The second-order valence-corrected chi connectivity index (χ2v) is 10.5. The number of hydrogen-bond acceptors (Lipinski definition) is 4. The molecule has 4 nitrogen and oxygen atoms in total. The molecule has 0 bridgehead atoms. The van der Waals surface area contributed by atoms with Crippen LogP contribution in [0.4, 0.5) is 5.69 Å². The first-order valence-electron chi connectivity index (χ1n) is 12.0. The summed E-state index contributed by atoms with van der Waals surface area (Å²) in [5.41, 5.74) is 5.18. The van der Waals surface area contributed by atoms with Crippen LogP contribution in [0.2, 0.25) is 0 Å². The van der Waals surface area contributed by atoms with E-state index in [4.69, 9.17) is 4.74 Å². The molecule has 0 saturated heterocycles. The van der Waals surface area contributed by atoms with Crippen LogP contribution in [0, 0.1) is 11.3 Å². The molecule has 1 aliphatic heterocycles. The number of Topliss-reactive ketones (excluding diaryl/α,β-unsaturated/α-hetero) is 1. The molecule has 0 spiro atoms. The van der Waals surface area contributed by atoms with Crippen molar-refractivity contribution in [2.45, 2.75) is 46.0 Å². The van der Waals surface area contributed by atoms with E-state index in [0.717, 1.165) is 27.6 Å². The van der Waals surface area contributed by atoms with Gasteiger partial charge in [0.1, 0.15) is 5.92 Å². The smallest absolute Gasteiger partial charge is 0.315 e. The first kappa shape index (κ1) is 22.4. The van der Waals surface area contributed by atoms with Gasteiger partial charge in [-0.15, -0.1) is 0 Å².